The minimum atomic E-state index is -0.553. The predicted molar refractivity (Wildman–Crippen MR) is 185 cm³/mol. The van der Waals surface area contributed by atoms with Gasteiger partial charge in [0.15, 0.2) is 0 Å². The van der Waals surface area contributed by atoms with E-state index in [1.807, 2.05) is 57.7 Å². The lowest BCUT2D eigenvalue weighted by Crippen LogP contribution is -2.54. The Morgan fingerprint density at radius 2 is 1.91 bits per heavy atom. The molecule has 0 aliphatic carbocycles. The second-order valence-electron chi connectivity index (χ2n) is 12.3. The fourth-order valence-electron chi connectivity index (χ4n) is 6.64. The Labute approximate surface area is 277 Å². The molecule has 242 valence electrons. The van der Waals surface area contributed by atoms with Crippen LogP contribution in [0.25, 0.3) is 38.9 Å². The first-order valence-electron chi connectivity index (χ1n) is 15.6. The van der Waals surface area contributed by atoms with Gasteiger partial charge in [-0.05, 0) is 62.1 Å². The zero-order valence-electron chi connectivity index (χ0n) is 27.3. The van der Waals surface area contributed by atoms with Crippen molar-refractivity contribution in [2.24, 2.45) is 0 Å². The highest BCUT2D eigenvalue weighted by Gasteiger charge is 2.33. The van der Waals surface area contributed by atoms with Gasteiger partial charge in [0.1, 0.15) is 21.8 Å². The molecule has 12 heteroatoms. The van der Waals surface area contributed by atoms with Gasteiger partial charge in [-0.2, -0.15) is 5.10 Å². The monoisotopic (exact) mass is 652 g/mol. The number of aromatic nitrogens is 5. The zero-order valence-corrected chi connectivity index (χ0v) is 28.1. The number of piperazine rings is 1. The molecule has 0 radical (unpaired) electrons. The van der Waals surface area contributed by atoms with E-state index >= 15 is 4.39 Å². The lowest BCUT2D eigenvalue weighted by atomic mass is 9.98. The lowest BCUT2D eigenvalue weighted by Gasteiger charge is -2.41. The smallest absolute Gasteiger partial charge is 0.256 e. The van der Waals surface area contributed by atoms with Gasteiger partial charge in [-0.15, -0.1) is 0 Å². The summed E-state index contributed by atoms with van der Waals surface area (Å²) in [5.41, 5.74) is 5.78. The number of rotatable bonds is 6. The fraction of sp³-hybridized carbons (Fsp3) is 0.314. The van der Waals surface area contributed by atoms with Crippen LogP contribution >= 0.6 is 12.2 Å². The van der Waals surface area contributed by atoms with E-state index in [2.05, 4.69) is 22.1 Å². The van der Waals surface area contributed by atoms with E-state index in [1.165, 1.54) is 12.1 Å². The molecule has 1 atom stereocenters. The third-order valence-corrected chi connectivity index (χ3v) is 9.31. The highest BCUT2D eigenvalue weighted by atomic mass is 32.1. The first kappa shape index (κ1) is 32.0. The molecule has 47 heavy (non-hydrogen) atoms. The first-order chi connectivity index (χ1) is 22.5. The quantitative estimate of drug-likeness (QED) is 0.167. The van der Waals surface area contributed by atoms with Gasteiger partial charge in [0.05, 0.1) is 34.3 Å². The Morgan fingerprint density at radius 3 is 2.60 bits per heavy atom. The van der Waals surface area contributed by atoms with Crippen molar-refractivity contribution in [3.8, 4) is 16.9 Å². The van der Waals surface area contributed by atoms with Gasteiger partial charge in [-0.3, -0.25) is 24.2 Å². The van der Waals surface area contributed by atoms with Crippen molar-refractivity contribution < 1.29 is 14.0 Å². The second kappa shape index (κ2) is 12.3. The number of nitrogens with zero attached hydrogens (tertiary/aromatic N) is 6. The van der Waals surface area contributed by atoms with Crippen LogP contribution in [0.5, 0.6) is 0 Å². The molecule has 5 aromatic rings. The van der Waals surface area contributed by atoms with Gasteiger partial charge in [-0.1, -0.05) is 38.7 Å². The summed E-state index contributed by atoms with van der Waals surface area (Å²) in [5, 5.41) is 11.1. The summed E-state index contributed by atoms with van der Waals surface area (Å²) in [6.45, 7) is 14.7. The fourth-order valence-corrected chi connectivity index (χ4v) is 7.01. The maximum Gasteiger partial charge on any atom is 0.256 e. The molecular weight excluding hydrogens is 616 g/mol. The average molecular weight is 653 g/mol. The number of carbonyl (C=O) groups is 2. The van der Waals surface area contributed by atoms with E-state index in [0.29, 0.717) is 47.6 Å². The molecule has 0 unspecified atom stereocenters. The number of benzene rings is 1. The van der Waals surface area contributed by atoms with Crippen LogP contribution in [0.4, 0.5) is 10.1 Å². The number of carbonyl (C=O) groups excluding carboxylic acids is 2. The molecule has 1 aliphatic rings. The molecule has 1 aromatic carbocycles. The van der Waals surface area contributed by atoms with Crippen LogP contribution < -0.4 is 10.2 Å². The Bertz CT molecular complexity index is 2150. The van der Waals surface area contributed by atoms with Crippen molar-refractivity contribution >= 4 is 51.7 Å². The predicted octanol–water partition coefficient (Wildman–Crippen LogP) is 6.16. The number of pyridine rings is 3. The van der Waals surface area contributed by atoms with E-state index in [1.54, 1.807) is 28.9 Å². The van der Waals surface area contributed by atoms with Crippen molar-refractivity contribution in [2.45, 2.75) is 46.6 Å². The summed E-state index contributed by atoms with van der Waals surface area (Å²) >= 11 is 6.22. The van der Waals surface area contributed by atoms with Gasteiger partial charge in [0, 0.05) is 55.3 Å². The molecular formula is C35H37FN8O2S. The molecule has 2 N–H and O–H groups in total. The Balaban J connectivity index is 1.76. The van der Waals surface area contributed by atoms with Crippen molar-refractivity contribution in [3.63, 3.8) is 0 Å². The Hall–Kier alpha value is -4.97. The molecule has 0 bridgehead atoms. The van der Waals surface area contributed by atoms with Crippen molar-refractivity contribution in [1.82, 2.24) is 34.9 Å². The number of aryl methyl sites for hydroxylation is 2. The van der Waals surface area contributed by atoms with Crippen LogP contribution in [-0.4, -0.2) is 74.2 Å². The van der Waals surface area contributed by atoms with E-state index in [4.69, 9.17) is 22.2 Å². The maximum absolute atomic E-state index is 16.7. The molecule has 2 amide bonds. The second-order valence-corrected chi connectivity index (χ2v) is 12.7. The zero-order chi connectivity index (χ0) is 33.7. The molecule has 1 saturated heterocycles. The standard InChI is InChI=1S/C35H37FN8O2S/c1-8-26(45)43-14-13-42(17-21(43)6)32-22-15-24(36)30(27-19(4)9-10-25-23(27)16-39-41-25)40-33(22)44(35(47)28(32)34(46)37-7)31-20(5)11-12-38-29(31)18(2)3/h8-12,15-16,18,21H,1,13-14,17H2,2-7H3,(H,37,46)(H,39,41)/t21-/m1/s1. The summed E-state index contributed by atoms with van der Waals surface area (Å²) in [6.07, 6.45) is 4.72. The normalized spacial score (nSPS) is 15.1. The van der Waals surface area contributed by atoms with Crippen LogP contribution in [0.3, 0.4) is 0 Å². The van der Waals surface area contributed by atoms with Gasteiger partial charge < -0.3 is 15.1 Å². The number of anilines is 1. The molecule has 0 spiro atoms. The van der Waals surface area contributed by atoms with Crippen LogP contribution in [0.2, 0.25) is 0 Å². The van der Waals surface area contributed by atoms with Crippen molar-refractivity contribution in [3.05, 3.63) is 82.2 Å². The van der Waals surface area contributed by atoms with Gasteiger partial charge in [0.2, 0.25) is 5.91 Å². The average Bonchev–Trinajstić information content (AvgIpc) is 3.53. The lowest BCUT2D eigenvalue weighted by molar-refractivity contribution is -0.128. The Kier molecular flexibility index (Phi) is 8.39. The Morgan fingerprint density at radius 1 is 1.15 bits per heavy atom. The number of hydrogen-bond acceptors (Lipinski definition) is 7. The molecule has 1 aliphatic heterocycles. The van der Waals surface area contributed by atoms with E-state index in [0.717, 1.165) is 27.7 Å². The highest BCUT2D eigenvalue weighted by Crippen LogP contribution is 2.40. The number of halogens is 1. The molecule has 5 heterocycles. The summed E-state index contributed by atoms with van der Waals surface area (Å²) < 4.78 is 18.7. The minimum absolute atomic E-state index is 0.00291. The molecule has 1 fully saturated rings. The minimum Gasteiger partial charge on any atom is -0.366 e. The molecule has 10 nitrogen and oxygen atoms in total. The number of fused-ring (bicyclic) bond motifs is 2. The summed E-state index contributed by atoms with van der Waals surface area (Å²) in [5.74, 6) is -1.13. The topological polar surface area (TPSA) is 112 Å². The number of aromatic amines is 1. The molecule has 0 saturated carbocycles. The van der Waals surface area contributed by atoms with Gasteiger partial charge in [-0.25, -0.2) is 9.37 Å². The molecule has 6 rings (SSSR count). The van der Waals surface area contributed by atoms with E-state index in [9.17, 15) is 9.59 Å². The van der Waals surface area contributed by atoms with E-state index in [-0.39, 0.29) is 33.8 Å². The van der Waals surface area contributed by atoms with Crippen LogP contribution in [0.1, 0.15) is 53.9 Å². The SMILES string of the molecule is C=CC(=O)N1CCN(c2c(C(=O)NC)c(=S)n(-c3c(C)ccnc3C(C)C)c3nc(-c4c(C)ccc5[nH]ncc45)c(F)cc23)C[C@H]1C. The largest absolute Gasteiger partial charge is 0.366 e. The maximum atomic E-state index is 16.7. The summed E-state index contributed by atoms with van der Waals surface area (Å²) in [7, 11) is 1.55. The number of H-pyrrole nitrogens is 1. The van der Waals surface area contributed by atoms with Crippen molar-refractivity contribution in [1.29, 1.82) is 0 Å². The summed E-state index contributed by atoms with van der Waals surface area (Å²) in [6, 6.07) is 6.94. The van der Waals surface area contributed by atoms with Crippen LogP contribution in [0.15, 0.2) is 49.3 Å². The van der Waals surface area contributed by atoms with Gasteiger partial charge in [0.25, 0.3) is 5.91 Å². The molecule has 4 aromatic heterocycles. The van der Waals surface area contributed by atoms with Crippen LogP contribution in [-0.2, 0) is 4.79 Å². The third kappa shape index (κ3) is 5.26. The van der Waals surface area contributed by atoms with E-state index < -0.39 is 11.7 Å². The van der Waals surface area contributed by atoms with Gasteiger partial charge >= 0.3 is 0 Å². The highest BCUT2D eigenvalue weighted by molar-refractivity contribution is 7.71. The van der Waals surface area contributed by atoms with Crippen LogP contribution in [0, 0.1) is 24.3 Å². The van der Waals surface area contributed by atoms with Crippen molar-refractivity contribution in [2.75, 3.05) is 31.6 Å². The summed E-state index contributed by atoms with van der Waals surface area (Å²) in [4.78, 5) is 40.0. The number of amides is 2. The number of nitrogens with one attached hydrogen (secondary N) is 2. The third-order valence-electron chi connectivity index (χ3n) is 8.93. The number of hydrogen-bond donors (Lipinski definition) is 2. The first-order valence-corrected chi connectivity index (χ1v) is 16.0.